The molecule has 1 unspecified atom stereocenters. The van der Waals surface area contributed by atoms with Crippen LogP contribution in [0, 0.1) is 0 Å². The van der Waals surface area contributed by atoms with Gasteiger partial charge in [-0.2, -0.15) is 0 Å². The number of carboxylic acid groups (broad SMARTS) is 2. The number of carboxylic acids is 2. The molecule has 2 N–H and O–H groups in total. The Morgan fingerprint density at radius 2 is 1.65 bits per heavy atom. The maximum atomic E-state index is 14.5. The van der Waals surface area contributed by atoms with Gasteiger partial charge in [-0.05, 0) is 23.8 Å². The van der Waals surface area contributed by atoms with Gasteiger partial charge in [-0.1, -0.05) is 30.3 Å². The number of benzene rings is 2. The van der Waals surface area contributed by atoms with Gasteiger partial charge in [0.05, 0.1) is 11.1 Å². The summed E-state index contributed by atoms with van der Waals surface area (Å²) < 4.78 is 14.5. The Labute approximate surface area is 114 Å². The van der Waals surface area contributed by atoms with Gasteiger partial charge < -0.3 is 10.2 Å². The van der Waals surface area contributed by atoms with Crippen LogP contribution in [0.5, 0.6) is 0 Å². The van der Waals surface area contributed by atoms with Gasteiger partial charge in [-0.3, -0.25) is 0 Å². The van der Waals surface area contributed by atoms with Crippen LogP contribution < -0.4 is 0 Å². The van der Waals surface area contributed by atoms with Crippen LogP contribution in [-0.2, 0) is 0 Å². The number of alkyl halides is 1. The molecule has 0 saturated heterocycles. The van der Waals surface area contributed by atoms with Gasteiger partial charge in [0, 0.05) is 5.56 Å². The van der Waals surface area contributed by atoms with E-state index < -0.39 is 18.1 Å². The fourth-order valence-corrected chi connectivity index (χ4v) is 1.92. The first kappa shape index (κ1) is 13.7. The van der Waals surface area contributed by atoms with Gasteiger partial charge in [0.2, 0.25) is 0 Å². The Morgan fingerprint density at radius 1 is 0.950 bits per heavy atom. The summed E-state index contributed by atoms with van der Waals surface area (Å²) in [6.07, 6.45) is -1.69. The predicted octanol–water partition coefficient (Wildman–Crippen LogP) is 3.14. The molecule has 0 bridgehead atoms. The summed E-state index contributed by atoms with van der Waals surface area (Å²) in [5.74, 6) is -2.39. The first-order chi connectivity index (χ1) is 9.50. The van der Waals surface area contributed by atoms with E-state index in [-0.39, 0.29) is 22.3 Å². The quantitative estimate of drug-likeness (QED) is 0.898. The van der Waals surface area contributed by atoms with Crippen molar-refractivity contribution in [2.45, 2.75) is 6.17 Å². The first-order valence-electron chi connectivity index (χ1n) is 5.80. The van der Waals surface area contributed by atoms with Crippen molar-refractivity contribution in [3.05, 3.63) is 70.8 Å². The molecule has 2 aromatic rings. The van der Waals surface area contributed by atoms with E-state index in [1.165, 1.54) is 48.5 Å². The van der Waals surface area contributed by atoms with Crippen LogP contribution in [0.1, 0.15) is 38.0 Å². The molecule has 0 aliphatic carbocycles. The summed E-state index contributed by atoms with van der Waals surface area (Å²) in [6.45, 7) is 0. The van der Waals surface area contributed by atoms with Crippen molar-refractivity contribution >= 4 is 11.9 Å². The van der Waals surface area contributed by atoms with Crippen molar-refractivity contribution in [2.24, 2.45) is 0 Å². The molecule has 0 aliphatic rings. The van der Waals surface area contributed by atoms with Gasteiger partial charge in [-0.25, -0.2) is 14.0 Å². The third kappa shape index (κ3) is 2.66. The number of hydrogen-bond donors (Lipinski definition) is 2. The van der Waals surface area contributed by atoms with Crippen LogP contribution in [0.25, 0.3) is 0 Å². The van der Waals surface area contributed by atoms with Gasteiger partial charge in [-0.15, -0.1) is 0 Å². The smallest absolute Gasteiger partial charge is 0.336 e. The molecule has 0 fully saturated rings. The number of carbonyl (C=O) groups is 2. The minimum absolute atomic E-state index is 0.00235. The summed E-state index contributed by atoms with van der Waals surface area (Å²) in [6, 6.07) is 11.1. The molecule has 0 spiro atoms. The second kappa shape index (κ2) is 5.52. The van der Waals surface area contributed by atoms with Crippen LogP contribution in [-0.4, -0.2) is 22.2 Å². The largest absolute Gasteiger partial charge is 0.478 e. The minimum Gasteiger partial charge on any atom is -0.478 e. The van der Waals surface area contributed by atoms with Crippen molar-refractivity contribution < 1.29 is 24.2 Å². The third-order valence-electron chi connectivity index (χ3n) is 2.89. The number of aromatic carboxylic acids is 2. The Balaban J connectivity index is 2.46. The average Bonchev–Trinajstić information content (AvgIpc) is 2.46. The van der Waals surface area contributed by atoms with E-state index in [1.807, 2.05) is 0 Å². The van der Waals surface area contributed by atoms with Crippen LogP contribution in [0.4, 0.5) is 4.39 Å². The van der Waals surface area contributed by atoms with Gasteiger partial charge >= 0.3 is 11.9 Å². The molecule has 0 aromatic heterocycles. The maximum Gasteiger partial charge on any atom is 0.336 e. The van der Waals surface area contributed by atoms with E-state index in [4.69, 9.17) is 10.2 Å². The molecule has 4 nitrogen and oxygen atoms in total. The Hall–Kier alpha value is -2.69. The highest BCUT2D eigenvalue weighted by Crippen LogP contribution is 2.29. The first-order valence-corrected chi connectivity index (χ1v) is 5.80. The summed E-state index contributed by atoms with van der Waals surface area (Å²) in [7, 11) is 0. The molecule has 20 heavy (non-hydrogen) atoms. The summed E-state index contributed by atoms with van der Waals surface area (Å²) in [5, 5.41) is 17.9. The molecule has 102 valence electrons. The molecule has 0 heterocycles. The molecule has 0 aliphatic heterocycles. The molecular weight excluding hydrogens is 263 g/mol. The molecule has 1 atom stereocenters. The topological polar surface area (TPSA) is 74.6 Å². The Bertz CT molecular complexity index is 666. The molecule has 0 radical (unpaired) electrons. The number of rotatable bonds is 4. The molecule has 0 amide bonds. The highest BCUT2D eigenvalue weighted by Gasteiger charge is 2.20. The molecular formula is C15H11FO4. The lowest BCUT2D eigenvalue weighted by Gasteiger charge is -2.12. The number of hydrogen-bond acceptors (Lipinski definition) is 2. The lowest BCUT2D eigenvalue weighted by Crippen LogP contribution is -2.06. The average molecular weight is 274 g/mol. The van der Waals surface area contributed by atoms with E-state index in [1.54, 1.807) is 0 Å². The normalized spacial score (nSPS) is 11.8. The highest BCUT2D eigenvalue weighted by molar-refractivity contribution is 5.90. The second-order valence-corrected chi connectivity index (χ2v) is 4.19. The molecule has 0 saturated carbocycles. The Kier molecular flexibility index (Phi) is 3.79. The van der Waals surface area contributed by atoms with Crippen molar-refractivity contribution in [3.8, 4) is 0 Å². The molecule has 2 aromatic carbocycles. The van der Waals surface area contributed by atoms with Crippen LogP contribution in [0.2, 0.25) is 0 Å². The van der Waals surface area contributed by atoms with Gasteiger partial charge in [0.1, 0.15) is 0 Å². The minimum atomic E-state index is -1.69. The van der Waals surface area contributed by atoms with Gasteiger partial charge in [0.15, 0.2) is 6.17 Å². The fourth-order valence-electron chi connectivity index (χ4n) is 1.92. The summed E-state index contributed by atoms with van der Waals surface area (Å²) in [5.41, 5.74) is -0.0696. The third-order valence-corrected chi connectivity index (χ3v) is 2.89. The van der Waals surface area contributed by atoms with Crippen LogP contribution in [0.3, 0.4) is 0 Å². The van der Waals surface area contributed by atoms with E-state index in [9.17, 15) is 14.0 Å². The van der Waals surface area contributed by atoms with Gasteiger partial charge in [0.25, 0.3) is 0 Å². The van der Waals surface area contributed by atoms with E-state index in [2.05, 4.69) is 0 Å². The van der Waals surface area contributed by atoms with Crippen molar-refractivity contribution in [2.75, 3.05) is 0 Å². The lowest BCUT2D eigenvalue weighted by atomic mass is 9.97. The van der Waals surface area contributed by atoms with Crippen LogP contribution in [0.15, 0.2) is 48.5 Å². The van der Waals surface area contributed by atoms with Crippen molar-refractivity contribution in [1.82, 2.24) is 0 Å². The van der Waals surface area contributed by atoms with E-state index in [0.717, 1.165) is 0 Å². The lowest BCUT2D eigenvalue weighted by molar-refractivity contribution is 0.0683. The van der Waals surface area contributed by atoms with Crippen LogP contribution >= 0.6 is 0 Å². The zero-order valence-corrected chi connectivity index (χ0v) is 10.3. The zero-order valence-electron chi connectivity index (χ0n) is 10.3. The monoisotopic (exact) mass is 274 g/mol. The predicted molar refractivity (Wildman–Crippen MR) is 69.8 cm³/mol. The second-order valence-electron chi connectivity index (χ2n) is 4.19. The number of halogens is 1. The Morgan fingerprint density at radius 3 is 2.30 bits per heavy atom. The van der Waals surface area contributed by atoms with Crippen molar-refractivity contribution in [1.29, 1.82) is 0 Å². The van der Waals surface area contributed by atoms with E-state index in [0.29, 0.717) is 0 Å². The maximum absolute atomic E-state index is 14.5. The summed E-state index contributed by atoms with van der Waals surface area (Å²) in [4.78, 5) is 21.9. The fraction of sp³-hybridized carbons (Fsp3) is 0.0667. The molecule has 5 heteroatoms. The summed E-state index contributed by atoms with van der Waals surface area (Å²) >= 11 is 0. The SMILES string of the molecule is O=C(O)c1cccc(C(F)c2ccccc2C(=O)O)c1. The highest BCUT2D eigenvalue weighted by atomic mass is 19.1. The standard InChI is InChI=1S/C15H11FO4/c16-13(9-4-3-5-10(8-9)14(17)18)11-6-1-2-7-12(11)15(19)20/h1-8,13H,(H,17,18)(H,19,20). The van der Waals surface area contributed by atoms with E-state index >= 15 is 0 Å². The zero-order chi connectivity index (χ0) is 14.7. The van der Waals surface area contributed by atoms with Crippen molar-refractivity contribution in [3.63, 3.8) is 0 Å². The molecule has 2 rings (SSSR count).